The van der Waals surface area contributed by atoms with Crippen molar-refractivity contribution in [1.29, 1.82) is 0 Å². The van der Waals surface area contributed by atoms with Crippen LogP contribution < -0.4 is 16.0 Å². The minimum Gasteiger partial charge on any atom is -0.446 e. The van der Waals surface area contributed by atoms with Gasteiger partial charge in [-0.1, -0.05) is 12.8 Å². The molecule has 0 radical (unpaired) electrons. The number of alkyl halides is 2. The van der Waals surface area contributed by atoms with Gasteiger partial charge in [0, 0.05) is 38.6 Å². The molecule has 0 aliphatic heterocycles. The van der Waals surface area contributed by atoms with E-state index in [2.05, 4.69) is 21.0 Å². The second-order valence-corrected chi connectivity index (χ2v) is 9.95. The molecule has 35 heavy (non-hydrogen) atoms. The molecular weight excluding hydrogens is 464 g/mol. The number of hydrogen-bond donors (Lipinski definition) is 3. The van der Waals surface area contributed by atoms with Gasteiger partial charge in [-0.2, -0.15) is 5.10 Å². The number of alkyl carbamates (subject to hydrolysis) is 1. The van der Waals surface area contributed by atoms with Gasteiger partial charge < -0.3 is 20.7 Å². The van der Waals surface area contributed by atoms with Crippen molar-refractivity contribution in [3.8, 4) is 0 Å². The highest BCUT2D eigenvalue weighted by molar-refractivity contribution is 6.44. The Labute approximate surface area is 201 Å². The van der Waals surface area contributed by atoms with Gasteiger partial charge in [-0.3, -0.25) is 19.1 Å². The Morgan fingerprint density at radius 2 is 1.89 bits per heavy atom. The van der Waals surface area contributed by atoms with Crippen LogP contribution in [0.3, 0.4) is 0 Å². The van der Waals surface area contributed by atoms with Gasteiger partial charge >= 0.3 is 6.09 Å². The Morgan fingerprint density at radius 1 is 1.20 bits per heavy atom. The fourth-order valence-electron chi connectivity index (χ4n) is 4.84. The summed E-state index contributed by atoms with van der Waals surface area (Å²) in [5.41, 5.74) is -3.44. The Morgan fingerprint density at radius 3 is 2.43 bits per heavy atom. The highest BCUT2D eigenvalue weighted by Gasteiger charge is 2.55. The lowest BCUT2D eigenvalue weighted by Crippen LogP contribution is -2.68. The smallest absolute Gasteiger partial charge is 0.408 e. The molecule has 1 heterocycles. The molecule has 0 unspecified atom stereocenters. The molecule has 0 spiro atoms. The summed E-state index contributed by atoms with van der Waals surface area (Å²) >= 11 is 0. The molecule has 10 nitrogen and oxygen atoms in total. The van der Waals surface area contributed by atoms with Crippen molar-refractivity contribution in [1.82, 2.24) is 20.4 Å². The van der Waals surface area contributed by atoms with Gasteiger partial charge in [-0.05, 0) is 32.1 Å². The molecule has 0 saturated heterocycles. The van der Waals surface area contributed by atoms with Crippen LogP contribution >= 0.6 is 0 Å². The molecule has 12 heteroatoms. The Kier molecular flexibility index (Phi) is 7.09. The van der Waals surface area contributed by atoms with Crippen molar-refractivity contribution in [3.05, 3.63) is 12.3 Å². The molecule has 3 fully saturated rings. The fourth-order valence-corrected chi connectivity index (χ4v) is 4.84. The first-order valence-corrected chi connectivity index (χ1v) is 12.1. The molecule has 1 aromatic heterocycles. The molecule has 3 aliphatic carbocycles. The summed E-state index contributed by atoms with van der Waals surface area (Å²) in [6.45, 7) is 0. The number of carbonyl (C=O) groups excluding carboxylic acids is 4. The number of aryl methyl sites for hydroxylation is 1. The topological polar surface area (TPSA) is 131 Å². The number of ether oxygens (including phenoxy) is 1. The normalized spacial score (nSPS) is 26.1. The highest BCUT2D eigenvalue weighted by atomic mass is 19.1. The monoisotopic (exact) mass is 495 g/mol. The lowest BCUT2D eigenvalue weighted by molar-refractivity contribution is -0.146. The van der Waals surface area contributed by atoms with Crippen LogP contribution in [-0.2, 0) is 26.2 Å². The van der Waals surface area contributed by atoms with E-state index in [1.165, 1.54) is 10.7 Å². The second-order valence-electron chi connectivity index (χ2n) is 9.95. The number of aromatic nitrogens is 2. The third-order valence-electron chi connectivity index (χ3n) is 7.10. The van der Waals surface area contributed by atoms with Gasteiger partial charge in [0.15, 0.2) is 5.82 Å². The van der Waals surface area contributed by atoms with Crippen LogP contribution in [0, 0.1) is 0 Å². The average Bonchev–Trinajstić information content (AvgIpc) is 3.36. The first-order chi connectivity index (χ1) is 16.6. The van der Waals surface area contributed by atoms with E-state index in [-0.39, 0.29) is 31.2 Å². The number of Topliss-reactive ketones (excluding diaryl/α,β-unsaturated/α-hetero) is 1. The van der Waals surface area contributed by atoms with Gasteiger partial charge in [0.2, 0.25) is 11.7 Å². The summed E-state index contributed by atoms with van der Waals surface area (Å²) in [7, 11) is 1.63. The number of ketones is 1. The van der Waals surface area contributed by atoms with E-state index in [1.807, 2.05) is 0 Å². The van der Waals surface area contributed by atoms with Gasteiger partial charge in [-0.15, -0.1) is 0 Å². The molecule has 1 atom stereocenters. The summed E-state index contributed by atoms with van der Waals surface area (Å²) < 4.78 is 35.8. The summed E-state index contributed by atoms with van der Waals surface area (Å²) in [6.07, 6.45) is 2.19. The van der Waals surface area contributed by atoms with Gasteiger partial charge in [-0.25, -0.2) is 13.6 Å². The molecule has 0 bridgehead atoms. The van der Waals surface area contributed by atoms with E-state index in [0.29, 0.717) is 12.8 Å². The van der Waals surface area contributed by atoms with E-state index >= 15 is 4.39 Å². The van der Waals surface area contributed by atoms with Crippen molar-refractivity contribution >= 4 is 29.5 Å². The maximum absolute atomic E-state index is 15.3. The molecule has 1 aromatic rings. The molecule has 3 amide bonds. The zero-order chi connectivity index (χ0) is 25.2. The number of nitrogens with one attached hydrogen (secondary N) is 3. The molecule has 3 aliphatic rings. The average molecular weight is 496 g/mol. The lowest BCUT2D eigenvalue weighted by Gasteiger charge is -2.43. The molecule has 3 N–H and O–H groups in total. The number of nitrogens with zero attached hydrogens (tertiary/aromatic N) is 2. The first-order valence-electron chi connectivity index (χ1n) is 12.1. The number of rotatable bonds is 9. The van der Waals surface area contributed by atoms with Crippen LogP contribution in [0.25, 0.3) is 0 Å². The molecule has 3 saturated carbocycles. The van der Waals surface area contributed by atoms with E-state index in [4.69, 9.17) is 4.74 Å². The third-order valence-corrected chi connectivity index (χ3v) is 7.10. The van der Waals surface area contributed by atoms with Crippen LogP contribution in [0.15, 0.2) is 12.3 Å². The maximum atomic E-state index is 15.3. The largest absolute Gasteiger partial charge is 0.446 e. The first kappa shape index (κ1) is 25.1. The molecule has 192 valence electrons. The van der Waals surface area contributed by atoms with Crippen molar-refractivity contribution in [2.24, 2.45) is 7.05 Å². The summed E-state index contributed by atoms with van der Waals surface area (Å²) in [6, 6.07) is 0.137. The van der Waals surface area contributed by atoms with Crippen LogP contribution in [0.5, 0.6) is 0 Å². The van der Waals surface area contributed by atoms with E-state index in [1.54, 1.807) is 13.2 Å². The van der Waals surface area contributed by atoms with Crippen LogP contribution in [0.2, 0.25) is 0 Å². The molecule has 0 aromatic carbocycles. The van der Waals surface area contributed by atoms with Crippen molar-refractivity contribution in [2.75, 3.05) is 5.32 Å². The fraction of sp³-hybridized carbons (Fsp3) is 0.696. The van der Waals surface area contributed by atoms with Crippen molar-refractivity contribution in [2.45, 2.75) is 93.7 Å². The number of carbonyl (C=O) groups is 4. The van der Waals surface area contributed by atoms with Crippen molar-refractivity contribution in [3.63, 3.8) is 0 Å². The molecular formula is C23H31F2N5O5. The second kappa shape index (κ2) is 9.90. The van der Waals surface area contributed by atoms with Crippen LogP contribution in [0.1, 0.15) is 64.2 Å². The number of amides is 3. The van der Waals surface area contributed by atoms with E-state index in [9.17, 15) is 23.6 Å². The maximum Gasteiger partial charge on any atom is 0.408 e. The Hall–Kier alpha value is -3.05. The van der Waals surface area contributed by atoms with Gasteiger partial charge in [0.05, 0.1) is 0 Å². The quantitative estimate of drug-likeness (QED) is 0.450. The Balaban J connectivity index is 1.46. The lowest BCUT2D eigenvalue weighted by atomic mass is 9.71. The minimum atomic E-state index is -1.79. The summed E-state index contributed by atoms with van der Waals surface area (Å²) in [5, 5.41) is 11.2. The zero-order valence-corrected chi connectivity index (χ0v) is 19.6. The third kappa shape index (κ3) is 5.79. The zero-order valence-electron chi connectivity index (χ0n) is 19.6. The minimum absolute atomic E-state index is 0.127. The van der Waals surface area contributed by atoms with Crippen molar-refractivity contribution < 1.29 is 32.7 Å². The highest BCUT2D eigenvalue weighted by Crippen LogP contribution is 2.39. The number of anilines is 1. The summed E-state index contributed by atoms with van der Waals surface area (Å²) in [4.78, 5) is 51.1. The predicted octanol–water partition coefficient (Wildman–Crippen LogP) is 2.23. The van der Waals surface area contributed by atoms with E-state index in [0.717, 1.165) is 19.3 Å². The molecule has 4 rings (SSSR count). The van der Waals surface area contributed by atoms with Gasteiger partial charge in [0.1, 0.15) is 29.5 Å². The Bertz CT molecular complexity index is 983. The SMILES string of the molecule is Cn1ccc(NC(=O)C(=O)C2(NC(=O)[C@H](CC3(F)CCCC3)NC(=O)OC3CCC3)CC(F)C2)n1. The van der Waals surface area contributed by atoms with Crippen LogP contribution in [0.4, 0.5) is 19.4 Å². The summed E-state index contributed by atoms with van der Waals surface area (Å²) in [5.74, 6) is -2.81. The predicted molar refractivity (Wildman–Crippen MR) is 120 cm³/mol. The number of hydrogen-bond acceptors (Lipinski definition) is 6. The standard InChI is InChI=1S/C23H31F2N5O5/c1-30-10-7-17(29-30)27-20(33)18(31)23(11-14(24)12-23)28-19(32)16(13-22(25)8-2-3-9-22)26-21(34)35-15-5-4-6-15/h7,10,14-16H,2-6,8-9,11-13H2,1H3,(H,26,34)(H,28,32)(H,27,29,33)/t14?,16-,23?/m0/s1. The van der Waals surface area contributed by atoms with Crippen LogP contribution in [-0.4, -0.2) is 63.0 Å². The number of halogens is 2. The van der Waals surface area contributed by atoms with E-state index < -0.39 is 60.0 Å². The van der Waals surface area contributed by atoms with Gasteiger partial charge in [0.25, 0.3) is 5.91 Å².